The van der Waals surface area contributed by atoms with Gasteiger partial charge in [-0.3, -0.25) is 0 Å². The van der Waals surface area contributed by atoms with Gasteiger partial charge in [0.25, 0.3) is 16.3 Å². The summed E-state index contributed by atoms with van der Waals surface area (Å²) >= 11 is 5.26. The molecule has 2 aliphatic rings. The van der Waals surface area contributed by atoms with E-state index < -0.39 is 12.1 Å². The van der Waals surface area contributed by atoms with Gasteiger partial charge in [0, 0.05) is 16.1 Å². The summed E-state index contributed by atoms with van der Waals surface area (Å²) in [6, 6.07) is 0. The van der Waals surface area contributed by atoms with Crippen molar-refractivity contribution >= 4 is 28.9 Å². The molecule has 2 fully saturated rings. The predicted molar refractivity (Wildman–Crippen MR) is 92.8 cm³/mol. The van der Waals surface area contributed by atoms with E-state index in [1.165, 1.54) is 5.57 Å². The Morgan fingerprint density at radius 1 is 1.41 bits per heavy atom. The summed E-state index contributed by atoms with van der Waals surface area (Å²) in [6.45, 7) is 10.9. The second-order valence-corrected chi connectivity index (χ2v) is 10.1. The van der Waals surface area contributed by atoms with Crippen molar-refractivity contribution in [2.24, 2.45) is 11.8 Å². The first-order valence-electron chi connectivity index (χ1n) is 8.10. The Morgan fingerprint density at radius 2 is 2.05 bits per heavy atom. The molecule has 5 unspecified atom stereocenters. The number of rotatable bonds is 7. The van der Waals surface area contributed by atoms with E-state index in [0.717, 1.165) is 35.6 Å². The second-order valence-electron chi connectivity index (χ2n) is 7.62. The molecular formula is C16H29AlO4S. The summed E-state index contributed by atoms with van der Waals surface area (Å²) in [6.07, 6.45) is 2.50. The van der Waals surface area contributed by atoms with Gasteiger partial charge in [-0.15, -0.1) is 0 Å². The second kappa shape index (κ2) is 7.15. The molecule has 0 aromatic rings. The molecule has 0 radical (unpaired) electrons. The lowest BCUT2D eigenvalue weighted by Crippen LogP contribution is -2.43. The van der Waals surface area contributed by atoms with Crippen LogP contribution in [0.4, 0.5) is 0 Å². The zero-order valence-electron chi connectivity index (χ0n) is 14.2. The monoisotopic (exact) mass is 344 g/mol. The number of epoxide rings is 1. The van der Waals surface area contributed by atoms with Crippen LogP contribution in [0.25, 0.3) is 0 Å². The largest absolute Gasteiger partial charge is 0.366 e. The topological polar surface area (TPSA) is 51.2 Å². The molecule has 1 heterocycles. The quantitative estimate of drug-likeness (QED) is 0.243. The van der Waals surface area contributed by atoms with Gasteiger partial charge in [-0.25, -0.2) is 0 Å². The molecule has 5 atom stereocenters. The molecule has 4 nitrogen and oxygen atoms in total. The fraction of sp³-hybridized carbons (Fsp3) is 0.875. The van der Waals surface area contributed by atoms with Crippen LogP contribution in [-0.4, -0.2) is 56.4 Å². The highest BCUT2D eigenvalue weighted by atomic mass is 32.1. The van der Waals surface area contributed by atoms with Gasteiger partial charge in [0.05, 0.1) is 6.61 Å². The molecule has 126 valence electrons. The summed E-state index contributed by atoms with van der Waals surface area (Å²) in [4.78, 5) is 0. The van der Waals surface area contributed by atoms with E-state index >= 15 is 0 Å². The third kappa shape index (κ3) is 5.24. The zero-order chi connectivity index (χ0) is 16.5. The number of hydrogen-bond donors (Lipinski definition) is 2. The molecule has 6 heteroatoms. The standard InChI is InChI=1S/C16H27O4S.Al.2H/c1-10-7-12(14-15(17)19-14)5-6-13(10)8-18-16(3,4)20-11(2)9-21;;;/h12-15,17,21H,1,5-9H2,2-4H3;;;. The molecule has 2 rings (SSSR count). The van der Waals surface area contributed by atoms with Gasteiger partial charge >= 0.3 is 0 Å². The molecule has 0 aromatic carbocycles. The molecule has 1 aliphatic carbocycles. The minimum absolute atomic E-state index is 0.0274. The Kier molecular flexibility index (Phi) is 6.11. The van der Waals surface area contributed by atoms with Gasteiger partial charge in [-0.2, -0.15) is 12.6 Å². The Labute approximate surface area is 147 Å². The average Bonchev–Trinajstić information content (AvgIpc) is 3.13. The molecule has 1 N–H and O–H groups in total. The van der Waals surface area contributed by atoms with Crippen molar-refractivity contribution in [3.05, 3.63) is 12.2 Å². The Balaban J connectivity index is 1.78. The molecule has 0 bridgehead atoms. The molecule has 1 saturated carbocycles. The first-order valence-corrected chi connectivity index (χ1v) is 9.73. The number of aliphatic hydroxyl groups is 1. The zero-order valence-corrected chi connectivity index (χ0v) is 17.1. The smallest absolute Gasteiger partial charge is 0.265 e. The van der Waals surface area contributed by atoms with E-state index in [-0.39, 0.29) is 10.6 Å². The van der Waals surface area contributed by atoms with Crippen LogP contribution in [-0.2, 0) is 14.2 Å². The van der Waals surface area contributed by atoms with Gasteiger partial charge in [0.15, 0.2) is 12.1 Å². The lowest BCUT2D eigenvalue weighted by atomic mass is 9.78. The first kappa shape index (κ1) is 18.8. The molecule has 1 saturated heterocycles. The van der Waals surface area contributed by atoms with E-state index in [1.54, 1.807) is 0 Å². The van der Waals surface area contributed by atoms with Crippen LogP contribution in [0.15, 0.2) is 12.2 Å². The van der Waals surface area contributed by atoms with E-state index in [2.05, 4.69) is 26.1 Å². The van der Waals surface area contributed by atoms with E-state index in [0.29, 0.717) is 24.2 Å². The molecule has 22 heavy (non-hydrogen) atoms. The van der Waals surface area contributed by atoms with Crippen LogP contribution in [0.2, 0.25) is 0 Å². The number of ether oxygens (including phenoxy) is 3. The maximum absolute atomic E-state index is 9.38. The van der Waals surface area contributed by atoms with Crippen molar-refractivity contribution in [3.63, 3.8) is 0 Å². The van der Waals surface area contributed by atoms with Crippen molar-refractivity contribution in [1.82, 2.24) is 0 Å². The Morgan fingerprint density at radius 3 is 2.55 bits per heavy atom. The van der Waals surface area contributed by atoms with Crippen molar-refractivity contribution < 1.29 is 19.3 Å². The summed E-state index contributed by atoms with van der Waals surface area (Å²) in [5, 5.41) is 9.38. The van der Waals surface area contributed by atoms with Crippen molar-refractivity contribution in [3.8, 4) is 0 Å². The number of hydrogen-bond acceptors (Lipinski definition) is 5. The van der Waals surface area contributed by atoms with Crippen molar-refractivity contribution in [2.75, 3.05) is 12.4 Å². The third-order valence-corrected chi connectivity index (χ3v) is 6.40. The van der Waals surface area contributed by atoms with Gasteiger partial charge in [-0.1, -0.05) is 12.2 Å². The van der Waals surface area contributed by atoms with E-state index in [9.17, 15) is 5.11 Å². The van der Waals surface area contributed by atoms with Crippen LogP contribution in [0.3, 0.4) is 0 Å². The fourth-order valence-corrected chi connectivity index (χ4v) is 3.75. The van der Waals surface area contributed by atoms with Crippen LogP contribution in [0.1, 0.15) is 40.0 Å². The maximum Gasteiger partial charge on any atom is 0.265 e. The normalized spacial score (nSPS) is 35.2. The first-order chi connectivity index (χ1) is 10.1. The summed E-state index contributed by atoms with van der Waals surface area (Å²) in [7, 11) is 0. The van der Waals surface area contributed by atoms with E-state index in [1.807, 2.05) is 13.8 Å². The Hall–Kier alpha value is 0.462. The molecule has 0 amide bonds. The van der Waals surface area contributed by atoms with Gasteiger partial charge in [0.1, 0.15) is 6.10 Å². The van der Waals surface area contributed by atoms with Crippen LogP contribution in [0, 0.1) is 11.8 Å². The Bertz CT molecular complexity index is 413. The predicted octanol–water partition coefficient (Wildman–Crippen LogP) is 1.72. The van der Waals surface area contributed by atoms with Crippen molar-refractivity contribution in [2.45, 2.75) is 62.7 Å². The van der Waals surface area contributed by atoms with Crippen LogP contribution in [0.5, 0.6) is 0 Å². The molecule has 0 aromatic heterocycles. The minimum atomic E-state index is -0.605. The SMILES string of the molecule is C=C1CC(C2OC2O)CCC1COC(C)(C)O[C](C)([AlH2])CS. The molecule has 1 aliphatic heterocycles. The number of thiol groups is 1. The summed E-state index contributed by atoms with van der Waals surface area (Å²) in [5.41, 5.74) is 1.21. The lowest BCUT2D eigenvalue weighted by Gasteiger charge is -2.38. The highest BCUT2D eigenvalue weighted by Gasteiger charge is 2.45. The van der Waals surface area contributed by atoms with E-state index in [4.69, 9.17) is 14.2 Å². The summed E-state index contributed by atoms with van der Waals surface area (Å²) in [5.74, 6) is 0.878. The highest BCUT2D eigenvalue weighted by Crippen LogP contribution is 2.41. The average molecular weight is 344 g/mol. The minimum Gasteiger partial charge on any atom is -0.366 e. The van der Waals surface area contributed by atoms with Gasteiger partial charge < -0.3 is 19.3 Å². The van der Waals surface area contributed by atoms with Gasteiger partial charge in [0.2, 0.25) is 0 Å². The van der Waals surface area contributed by atoms with Crippen LogP contribution < -0.4 is 0 Å². The molecular weight excluding hydrogens is 315 g/mol. The van der Waals surface area contributed by atoms with Gasteiger partial charge in [-0.05, 0) is 46.0 Å². The third-order valence-electron chi connectivity index (χ3n) is 4.49. The summed E-state index contributed by atoms with van der Waals surface area (Å²) < 4.78 is 17.1. The highest BCUT2D eigenvalue weighted by molar-refractivity contribution is 7.80. The molecule has 0 spiro atoms. The maximum atomic E-state index is 9.38. The van der Waals surface area contributed by atoms with Crippen molar-refractivity contribution in [1.29, 1.82) is 0 Å². The lowest BCUT2D eigenvalue weighted by molar-refractivity contribution is -0.244. The van der Waals surface area contributed by atoms with Crippen LogP contribution >= 0.6 is 12.6 Å². The fourth-order valence-electron chi connectivity index (χ4n) is 3.19. The number of aliphatic hydroxyl groups excluding tert-OH is 1.